The number of rotatable bonds is 1. The summed E-state index contributed by atoms with van der Waals surface area (Å²) >= 11 is 0. The Labute approximate surface area is 84.8 Å². The van der Waals surface area contributed by atoms with Gasteiger partial charge in [0.25, 0.3) is 0 Å². The van der Waals surface area contributed by atoms with Crippen LogP contribution >= 0.6 is 0 Å². The lowest BCUT2D eigenvalue weighted by molar-refractivity contribution is 0.818. The lowest BCUT2D eigenvalue weighted by Crippen LogP contribution is -2.27. The summed E-state index contributed by atoms with van der Waals surface area (Å²) in [7, 11) is 0. The van der Waals surface area contributed by atoms with Crippen molar-refractivity contribution in [2.75, 3.05) is 11.4 Å². The van der Waals surface area contributed by atoms with Gasteiger partial charge in [0.2, 0.25) is 0 Å². The number of nitrogens with zero attached hydrogens (tertiary/aromatic N) is 2. The summed E-state index contributed by atoms with van der Waals surface area (Å²) in [6.07, 6.45) is 2.14. The summed E-state index contributed by atoms with van der Waals surface area (Å²) in [5, 5.41) is 8.98. The Morgan fingerprint density at radius 2 is 2.36 bits per heavy atom. The van der Waals surface area contributed by atoms with Gasteiger partial charge in [-0.1, -0.05) is 12.1 Å². The minimum absolute atomic E-state index is 0.0804. The van der Waals surface area contributed by atoms with Gasteiger partial charge in [0, 0.05) is 12.2 Å². The standard InChI is InChI=1S/C12H14N2/c1-10-4-2-5-11(8-10)14-7-3-6-12(14)9-13/h2,4-5,8,12H,3,6-7H2,1H3. The van der Waals surface area contributed by atoms with E-state index in [1.807, 2.05) is 0 Å². The molecule has 0 aliphatic carbocycles. The molecule has 2 heteroatoms. The zero-order valence-corrected chi connectivity index (χ0v) is 8.40. The molecule has 1 heterocycles. The summed E-state index contributed by atoms with van der Waals surface area (Å²) in [5.41, 5.74) is 2.44. The molecule has 2 rings (SSSR count). The molecule has 1 saturated heterocycles. The quantitative estimate of drug-likeness (QED) is 0.673. The fourth-order valence-corrected chi connectivity index (χ4v) is 2.02. The highest BCUT2D eigenvalue weighted by molar-refractivity contribution is 5.51. The lowest BCUT2D eigenvalue weighted by atomic mass is 10.2. The molecular weight excluding hydrogens is 172 g/mol. The first-order valence-electron chi connectivity index (χ1n) is 5.04. The van der Waals surface area contributed by atoms with Crippen LogP contribution in [-0.4, -0.2) is 12.6 Å². The summed E-state index contributed by atoms with van der Waals surface area (Å²) in [4.78, 5) is 2.20. The number of anilines is 1. The fraction of sp³-hybridized carbons (Fsp3) is 0.417. The molecule has 0 amide bonds. The van der Waals surface area contributed by atoms with Crippen LogP contribution in [0.25, 0.3) is 0 Å². The second-order valence-electron chi connectivity index (χ2n) is 3.82. The number of nitriles is 1. The molecule has 14 heavy (non-hydrogen) atoms. The fourth-order valence-electron chi connectivity index (χ4n) is 2.02. The molecule has 1 aliphatic rings. The minimum atomic E-state index is 0.0804. The second kappa shape index (κ2) is 3.71. The van der Waals surface area contributed by atoms with E-state index in [0.717, 1.165) is 19.4 Å². The molecule has 1 aliphatic heterocycles. The number of hydrogen-bond acceptors (Lipinski definition) is 2. The first kappa shape index (κ1) is 9.08. The van der Waals surface area contributed by atoms with Gasteiger partial charge in [-0.2, -0.15) is 5.26 Å². The van der Waals surface area contributed by atoms with Crippen molar-refractivity contribution in [2.24, 2.45) is 0 Å². The van der Waals surface area contributed by atoms with Crippen LogP contribution in [0.3, 0.4) is 0 Å². The van der Waals surface area contributed by atoms with Crippen molar-refractivity contribution in [3.8, 4) is 6.07 Å². The highest BCUT2D eigenvalue weighted by Crippen LogP contribution is 2.25. The Balaban J connectivity index is 2.27. The van der Waals surface area contributed by atoms with E-state index < -0.39 is 0 Å². The monoisotopic (exact) mass is 186 g/mol. The lowest BCUT2D eigenvalue weighted by Gasteiger charge is -2.21. The molecule has 0 bridgehead atoms. The molecule has 1 unspecified atom stereocenters. The molecule has 0 radical (unpaired) electrons. The number of benzene rings is 1. The smallest absolute Gasteiger partial charge is 0.116 e. The highest BCUT2D eigenvalue weighted by atomic mass is 15.2. The van der Waals surface area contributed by atoms with Gasteiger partial charge in [0.1, 0.15) is 6.04 Å². The Morgan fingerprint density at radius 1 is 1.50 bits per heavy atom. The number of hydrogen-bond donors (Lipinski definition) is 0. The largest absolute Gasteiger partial charge is 0.356 e. The topological polar surface area (TPSA) is 27.0 Å². The molecule has 0 spiro atoms. The van der Waals surface area contributed by atoms with Gasteiger partial charge in [0.15, 0.2) is 0 Å². The van der Waals surface area contributed by atoms with Crippen LogP contribution in [0.2, 0.25) is 0 Å². The zero-order chi connectivity index (χ0) is 9.97. The Kier molecular flexibility index (Phi) is 2.41. The Hall–Kier alpha value is -1.49. The van der Waals surface area contributed by atoms with Crippen molar-refractivity contribution >= 4 is 5.69 Å². The van der Waals surface area contributed by atoms with Crippen molar-refractivity contribution in [2.45, 2.75) is 25.8 Å². The van der Waals surface area contributed by atoms with Gasteiger partial charge in [-0.3, -0.25) is 0 Å². The van der Waals surface area contributed by atoms with E-state index in [-0.39, 0.29) is 6.04 Å². The summed E-state index contributed by atoms with van der Waals surface area (Å²) in [6.45, 7) is 3.10. The van der Waals surface area contributed by atoms with E-state index in [2.05, 4.69) is 42.2 Å². The molecule has 0 aromatic heterocycles. The van der Waals surface area contributed by atoms with Gasteiger partial charge in [-0.25, -0.2) is 0 Å². The van der Waals surface area contributed by atoms with Crippen LogP contribution in [0.4, 0.5) is 5.69 Å². The normalized spacial score (nSPS) is 20.9. The van der Waals surface area contributed by atoms with Crippen molar-refractivity contribution in [3.63, 3.8) is 0 Å². The Morgan fingerprint density at radius 3 is 3.07 bits per heavy atom. The van der Waals surface area contributed by atoms with E-state index in [1.165, 1.54) is 11.3 Å². The molecule has 72 valence electrons. The van der Waals surface area contributed by atoms with Crippen LogP contribution in [0.15, 0.2) is 24.3 Å². The molecule has 1 atom stereocenters. The molecule has 0 saturated carbocycles. The average molecular weight is 186 g/mol. The van der Waals surface area contributed by atoms with Gasteiger partial charge >= 0.3 is 0 Å². The van der Waals surface area contributed by atoms with Crippen molar-refractivity contribution < 1.29 is 0 Å². The minimum Gasteiger partial charge on any atom is -0.356 e. The molecule has 0 N–H and O–H groups in total. The number of aryl methyl sites for hydroxylation is 1. The molecule has 1 aromatic carbocycles. The maximum Gasteiger partial charge on any atom is 0.116 e. The maximum atomic E-state index is 8.98. The van der Waals surface area contributed by atoms with Gasteiger partial charge < -0.3 is 4.90 Å². The predicted octanol–water partition coefficient (Wildman–Crippen LogP) is 2.49. The van der Waals surface area contributed by atoms with Gasteiger partial charge in [-0.15, -0.1) is 0 Å². The van der Waals surface area contributed by atoms with Crippen LogP contribution in [0.1, 0.15) is 18.4 Å². The maximum absolute atomic E-state index is 8.98. The van der Waals surface area contributed by atoms with E-state index in [0.29, 0.717) is 0 Å². The van der Waals surface area contributed by atoms with Gasteiger partial charge in [0.05, 0.1) is 6.07 Å². The summed E-state index contributed by atoms with van der Waals surface area (Å²) in [6, 6.07) is 10.8. The average Bonchev–Trinajstić information content (AvgIpc) is 2.65. The summed E-state index contributed by atoms with van der Waals surface area (Å²) < 4.78 is 0. The second-order valence-corrected chi connectivity index (χ2v) is 3.82. The van der Waals surface area contributed by atoms with Crippen molar-refractivity contribution in [1.29, 1.82) is 5.26 Å². The molecule has 1 aromatic rings. The highest BCUT2D eigenvalue weighted by Gasteiger charge is 2.23. The van der Waals surface area contributed by atoms with E-state index >= 15 is 0 Å². The molecule has 1 fully saturated rings. The van der Waals surface area contributed by atoms with Crippen LogP contribution in [0.5, 0.6) is 0 Å². The van der Waals surface area contributed by atoms with Crippen molar-refractivity contribution in [3.05, 3.63) is 29.8 Å². The van der Waals surface area contributed by atoms with Crippen LogP contribution < -0.4 is 4.90 Å². The van der Waals surface area contributed by atoms with Crippen molar-refractivity contribution in [1.82, 2.24) is 0 Å². The molecule has 2 nitrogen and oxygen atoms in total. The van der Waals surface area contributed by atoms with E-state index in [9.17, 15) is 0 Å². The SMILES string of the molecule is Cc1cccc(N2CCCC2C#N)c1. The summed E-state index contributed by atoms with van der Waals surface area (Å²) in [5.74, 6) is 0. The van der Waals surface area contributed by atoms with Crippen LogP contribution in [-0.2, 0) is 0 Å². The first-order chi connectivity index (χ1) is 6.81. The van der Waals surface area contributed by atoms with E-state index in [1.54, 1.807) is 0 Å². The predicted molar refractivity (Wildman–Crippen MR) is 57.2 cm³/mol. The third kappa shape index (κ3) is 1.58. The van der Waals surface area contributed by atoms with Gasteiger partial charge in [-0.05, 0) is 37.5 Å². The van der Waals surface area contributed by atoms with Crippen LogP contribution in [0, 0.1) is 18.3 Å². The van der Waals surface area contributed by atoms with E-state index in [4.69, 9.17) is 5.26 Å². The first-order valence-corrected chi connectivity index (χ1v) is 5.04. The third-order valence-electron chi connectivity index (χ3n) is 2.74. The molecular formula is C12H14N2. The third-order valence-corrected chi connectivity index (χ3v) is 2.74. The zero-order valence-electron chi connectivity index (χ0n) is 8.40. The Bertz CT molecular complexity index is 365.